The van der Waals surface area contributed by atoms with E-state index in [-0.39, 0.29) is 42.1 Å². The second-order valence-electron chi connectivity index (χ2n) is 6.73. The lowest BCUT2D eigenvalue weighted by Gasteiger charge is -2.34. The Kier molecular flexibility index (Phi) is 8.46. The average Bonchev–Trinajstić information content (AvgIpc) is 3.09. The predicted molar refractivity (Wildman–Crippen MR) is 118 cm³/mol. The molecule has 28 heavy (non-hydrogen) atoms. The van der Waals surface area contributed by atoms with Crippen LogP contribution in [0.4, 0.5) is 14.5 Å². The number of piperidine rings is 1. The van der Waals surface area contributed by atoms with Crippen molar-refractivity contribution in [2.75, 3.05) is 24.5 Å². The third kappa shape index (κ3) is 6.05. The standard InChI is InChI=1S/C19H26F2N6.HI/c1-3-22-19(23-10-14-9-15(20)6-7-18(14)21)25-16-5-4-8-27(12-16)17-11-24-26(2)13-17;/h6-7,9,11,13,16H,3-5,8,10,12H2,1-2H3,(H2,22,23,25);1H. The van der Waals surface area contributed by atoms with Crippen LogP contribution in [0.5, 0.6) is 0 Å². The molecular weight excluding hydrogens is 477 g/mol. The van der Waals surface area contributed by atoms with Gasteiger partial charge in [-0.15, -0.1) is 24.0 Å². The van der Waals surface area contributed by atoms with Gasteiger partial charge < -0.3 is 15.5 Å². The largest absolute Gasteiger partial charge is 0.367 e. The van der Waals surface area contributed by atoms with E-state index in [4.69, 9.17) is 0 Å². The van der Waals surface area contributed by atoms with Gasteiger partial charge in [-0.05, 0) is 38.0 Å². The molecule has 0 amide bonds. The molecule has 2 heterocycles. The summed E-state index contributed by atoms with van der Waals surface area (Å²) in [4.78, 5) is 6.73. The molecule has 1 aromatic heterocycles. The Labute approximate surface area is 181 Å². The van der Waals surface area contributed by atoms with Crippen LogP contribution in [0.1, 0.15) is 25.3 Å². The maximum Gasteiger partial charge on any atom is 0.191 e. The van der Waals surface area contributed by atoms with E-state index in [1.807, 2.05) is 26.4 Å². The van der Waals surface area contributed by atoms with Crippen LogP contribution in [0.3, 0.4) is 0 Å². The number of benzene rings is 1. The van der Waals surface area contributed by atoms with Crippen molar-refractivity contribution in [3.05, 3.63) is 47.8 Å². The van der Waals surface area contributed by atoms with Gasteiger partial charge in [-0.25, -0.2) is 13.8 Å². The van der Waals surface area contributed by atoms with Crippen molar-refractivity contribution in [2.24, 2.45) is 12.0 Å². The fourth-order valence-electron chi connectivity index (χ4n) is 3.24. The van der Waals surface area contributed by atoms with E-state index < -0.39 is 11.6 Å². The van der Waals surface area contributed by atoms with Gasteiger partial charge in [0.15, 0.2) is 5.96 Å². The molecule has 2 N–H and O–H groups in total. The van der Waals surface area contributed by atoms with Crippen LogP contribution in [-0.2, 0) is 13.6 Å². The third-order valence-electron chi connectivity index (χ3n) is 4.58. The maximum absolute atomic E-state index is 13.8. The number of rotatable bonds is 5. The minimum absolute atomic E-state index is 0. The summed E-state index contributed by atoms with van der Waals surface area (Å²) in [6.07, 6.45) is 5.96. The fraction of sp³-hybridized carbons (Fsp3) is 0.474. The van der Waals surface area contributed by atoms with E-state index in [1.54, 1.807) is 4.68 Å². The summed E-state index contributed by atoms with van der Waals surface area (Å²) >= 11 is 0. The second-order valence-corrected chi connectivity index (χ2v) is 6.73. The Morgan fingerprint density at radius 3 is 2.89 bits per heavy atom. The highest BCUT2D eigenvalue weighted by atomic mass is 127. The zero-order chi connectivity index (χ0) is 19.2. The minimum Gasteiger partial charge on any atom is -0.367 e. The Morgan fingerprint density at radius 1 is 1.36 bits per heavy atom. The number of anilines is 1. The molecule has 1 saturated heterocycles. The van der Waals surface area contributed by atoms with Crippen LogP contribution in [0.2, 0.25) is 0 Å². The summed E-state index contributed by atoms with van der Waals surface area (Å²) in [6, 6.07) is 3.65. The summed E-state index contributed by atoms with van der Waals surface area (Å²) in [5.74, 6) is -0.297. The van der Waals surface area contributed by atoms with Crippen LogP contribution in [0.25, 0.3) is 0 Å². The number of nitrogens with one attached hydrogen (secondary N) is 2. The van der Waals surface area contributed by atoms with Gasteiger partial charge in [0.05, 0.1) is 18.4 Å². The van der Waals surface area contributed by atoms with Gasteiger partial charge in [0.25, 0.3) is 0 Å². The lowest BCUT2D eigenvalue weighted by Crippen LogP contribution is -2.51. The van der Waals surface area contributed by atoms with Crippen molar-refractivity contribution in [1.29, 1.82) is 0 Å². The molecule has 2 aromatic rings. The molecule has 0 bridgehead atoms. The first-order valence-corrected chi connectivity index (χ1v) is 9.27. The first-order chi connectivity index (χ1) is 13.0. The first kappa shape index (κ1) is 22.4. The molecule has 1 aliphatic heterocycles. The van der Waals surface area contributed by atoms with Gasteiger partial charge in [0.1, 0.15) is 11.6 Å². The zero-order valence-electron chi connectivity index (χ0n) is 16.2. The number of hydrogen-bond acceptors (Lipinski definition) is 3. The lowest BCUT2D eigenvalue weighted by atomic mass is 10.1. The molecular formula is C19H27F2IN6. The number of nitrogens with zero attached hydrogens (tertiary/aromatic N) is 4. The van der Waals surface area contributed by atoms with Crippen molar-refractivity contribution in [3.8, 4) is 0 Å². The normalized spacial score (nSPS) is 17.2. The Bertz CT molecular complexity index is 794. The topological polar surface area (TPSA) is 57.5 Å². The highest BCUT2D eigenvalue weighted by molar-refractivity contribution is 14.0. The smallest absolute Gasteiger partial charge is 0.191 e. The number of aliphatic imine (C=N–C) groups is 1. The Morgan fingerprint density at radius 2 is 2.18 bits per heavy atom. The van der Waals surface area contributed by atoms with Crippen LogP contribution in [0, 0.1) is 11.6 Å². The molecule has 1 atom stereocenters. The highest BCUT2D eigenvalue weighted by Crippen LogP contribution is 2.19. The Hall–Kier alpha value is -1.91. The fourth-order valence-corrected chi connectivity index (χ4v) is 3.24. The summed E-state index contributed by atoms with van der Waals surface area (Å²) in [6.45, 7) is 4.58. The summed E-state index contributed by atoms with van der Waals surface area (Å²) in [5, 5.41) is 10.8. The van der Waals surface area contributed by atoms with E-state index >= 15 is 0 Å². The molecule has 1 aromatic carbocycles. The summed E-state index contributed by atoms with van der Waals surface area (Å²) < 4.78 is 29.0. The molecule has 0 spiro atoms. The van der Waals surface area contributed by atoms with E-state index in [1.165, 1.54) is 6.07 Å². The monoisotopic (exact) mass is 504 g/mol. The van der Waals surface area contributed by atoms with Gasteiger partial charge in [-0.1, -0.05) is 0 Å². The molecule has 9 heteroatoms. The average molecular weight is 504 g/mol. The lowest BCUT2D eigenvalue weighted by molar-refractivity contribution is 0.468. The third-order valence-corrected chi connectivity index (χ3v) is 4.58. The van der Waals surface area contributed by atoms with Crippen molar-refractivity contribution >= 4 is 35.6 Å². The maximum atomic E-state index is 13.8. The highest BCUT2D eigenvalue weighted by Gasteiger charge is 2.21. The number of guanidine groups is 1. The van der Waals surface area contributed by atoms with Gasteiger partial charge in [-0.3, -0.25) is 4.68 Å². The molecule has 0 aliphatic carbocycles. The molecule has 0 saturated carbocycles. The molecule has 154 valence electrons. The summed E-state index contributed by atoms with van der Waals surface area (Å²) in [5.41, 5.74) is 1.35. The molecule has 6 nitrogen and oxygen atoms in total. The van der Waals surface area contributed by atoms with E-state index in [0.717, 1.165) is 43.8 Å². The molecule has 1 fully saturated rings. The van der Waals surface area contributed by atoms with Crippen molar-refractivity contribution in [2.45, 2.75) is 32.4 Å². The minimum atomic E-state index is -0.459. The molecule has 1 aliphatic rings. The zero-order valence-corrected chi connectivity index (χ0v) is 18.5. The van der Waals surface area contributed by atoms with Gasteiger partial charge >= 0.3 is 0 Å². The van der Waals surface area contributed by atoms with Crippen molar-refractivity contribution < 1.29 is 8.78 Å². The van der Waals surface area contributed by atoms with Crippen LogP contribution in [0.15, 0.2) is 35.6 Å². The number of aromatic nitrogens is 2. The van der Waals surface area contributed by atoms with Crippen LogP contribution in [-0.4, -0.2) is 41.4 Å². The number of halogens is 3. The first-order valence-electron chi connectivity index (χ1n) is 9.27. The predicted octanol–water partition coefficient (Wildman–Crippen LogP) is 3.04. The summed E-state index contributed by atoms with van der Waals surface area (Å²) in [7, 11) is 1.91. The quantitative estimate of drug-likeness (QED) is 0.374. The number of aryl methyl sites for hydroxylation is 1. The SMILES string of the molecule is CCNC(=NCc1cc(F)ccc1F)NC1CCCN(c2cnn(C)c2)C1.I. The van der Waals surface area contributed by atoms with Gasteiger partial charge in [-0.2, -0.15) is 5.10 Å². The van der Waals surface area contributed by atoms with E-state index in [2.05, 4.69) is 25.6 Å². The van der Waals surface area contributed by atoms with E-state index in [9.17, 15) is 8.78 Å². The number of hydrogen-bond donors (Lipinski definition) is 2. The van der Waals surface area contributed by atoms with Gasteiger partial charge in [0.2, 0.25) is 0 Å². The van der Waals surface area contributed by atoms with Crippen molar-refractivity contribution in [1.82, 2.24) is 20.4 Å². The van der Waals surface area contributed by atoms with Crippen LogP contribution >= 0.6 is 24.0 Å². The van der Waals surface area contributed by atoms with Crippen molar-refractivity contribution in [3.63, 3.8) is 0 Å². The van der Waals surface area contributed by atoms with Gasteiger partial charge in [0, 0.05) is 44.5 Å². The van der Waals surface area contributed by atoms with E-state index in [0.29, 0.717) is 12.5 Å². The second kappa shape index (κ2) is 10.6. The van der Waals surface area contributed by atoms with Crippen LogP contribution < -0.4 is 15.5 Å². The molecule has 3 rings (SSSR count). The Balaban J connectivity index is 0.00000280. The molecule has 0 radical (unpaired) electrons. The molecule has 1 unspecified atom stereocenters.